The smallest absolute Gasteiger partial charge is 0.310 e. The zero-order valence-electron chi connectivity index (χ0n) is 14.9. The summed E-state index contributed by atoms with van der Waals surface area (Å²) in [5.74, 6) is -0.386. The van der Waals surface area contributed by atoms with Crippen LogP contribution in [-0.4, -0.2) is 24.0 Å². The predicted molar refractivity (Wildman–Crippen MR) is 102 cm³/mol. The monoisotopic (exact) mass is 387 g/mol. The molecule has 0 unspecified atom stereocenters. The van der Waals surface area contributed by atoms with E-state index in [0.717, 1.165) is 11.1 Å². The topological polar surface area (TPSA) is 96.5 Å². The van der Waals surface area contributed by atoms with Crippen molar-refractivity contribution in [3.8, 4) is 11.8 Å². The molecule has 0 aliphatic carbocycles. The van der Waals surface area contributed by atoms with Crippen molar-refractivity contribution in [2.75, 3.05) is 18.1 Å². The number of ether oxygens (including phenoxy) is 1. The zero-order chi connectivity index (χ0) is 20.0. The van der Waals surface area contributed by atoms with Gasteiger partial charge in [-0.1, -0.05) is 17.7 Å². The first-order chi connectivity index (χ1) is 12.8. The lowest BCUT2D eigenvalue weighted by Crippen LogP contribution is -2.35. The summed E-state index contributed by atoms with van der Waals surface area (Å²) in [5.41, 5.74) is 1.94. The molecule has 0 saturated carbocycles. The van der Waals surface area contributed by atoms with Gasteiger partial charge >= 0.3 is 5.69 Å². The van der Waals surface area contributed by atoms with Crippen molar-refractivity contribution in [1.82, 2.24) is 0 Å². The summed E-state index contributed by atoms with van der Waals surface area (Å²) < 4.78 is 5.44. The molecule has 0 fully saturated rings. The number of rotatable bonds is 7. The van der Waals surface area contributed by atoms with E-state index >= 15 is 0 Å². The molecule has 7 nitrogen and oxygen atoms in total. The van der Waals surface area contributed by atoms with Gasteiger partial charge in [-0.3, -0.25) is 14.9 Å². The number of nitro benzene ring substituents is 1. The second-order valence-electron chi connectivity index (χ2n) is 5.90. The number of hydrogen-bond donors (Lipinski definition) is 0. The lowest BCUT2D eigenvalue weighted by molar-refractivity contribution is -0.385. The number of aryl methyl sites for hydroxylation is 2. The SMILES string of the molecule is Cc1ccc([N+](=O)[O-])c(OCC(=O)N(CCC#N)c2ccc(Cl)c(C)c2)c1. The summed E-state index contributed by atoms with van der Waals surface area (Å²) in [5, 5.41) is 20.6. The van der Waals surface area contributed by atoms with Crippen molar-refractivity contribution in [3.63, 3.8) is 0 Å². The van der Waals surface area contributed by atoms with Gasteiger partial charge in [-0.05, 0) is 49.2 Å². The number of benzene rings is 2. The summed E-state index contributed by atoms with van der Waals surface area (Å²) in [6.07, 6.45) is 0.137. The molecule has 2 aromatic rings. The number of nitro groups is 1. The molecule has 0 spiro atoms. The van der Waals surface area contributed by atoms with Gasteiger partial charge in [0.05, 0.1) is 17.4 Å². The molecule has 0 saturated heterocycles. The Hall–Kier alpha value is -3.11. The van der Waals surface area contributed by atoms with Crippen LogP contribution >= 0.6 is 11.6 Å². The van der Waals surface area contributed by atoms with Gasteiger partial charge in [0.1, 0.15) is 0 Å². The Kier molecular flexibility index (Phi) is 6.74. The third-order valence-electron chi connectivity index (χ3n) is 3.86. The number of carbonyl (C=O) groups excluding carboxylic acids is 1. The lowest BCUT2D eigenvalue weighted by atomic mass is 10.2. The molecule has 0 atom stereocenters. The third kappa shape index (κ3) is 5.19. The van der Waals surface area contributed by atoms with Gasteiger partial charge in [-0.2, -0.15) is 5.26 Å². The average Bonchev–Trinajstić information content (AvgIpc) is 2.62. The summed E-state index contributed by atoms with van der Waals surface area (Å²) in [4.78, 5) is 24.6. The quantitative estimate of drug-likeness (QED) is 0.524. The maximum Gasteiger partial charge on any atom is 0.310 e. The Morgan fingerprint density at radius 2 is 2.04 bits per heavy atom. The van der Waals surface area contributed by atoms with Crippen molar-refractivity contribution in [3.05, 3.63) is 62.7 Å². The minimum atomic E-state index is -0.560. The molecule has 1 amide bonds. The lowest BCUT2D eigenvalue weighted by Gasteiger charge is -2.22. The normalized spacial score (nSPS) is 10.1. The molecule has 140 valence electrons. The number of anilines is 1. The first-order valence-corrected chi connectivity index (χ1v) is 8.52. The Morgan fingerprint density at radius 3 is 2.67 bits per heavy atom. The van der Waals surface area contributed by atoms with E-state index in [2.05, 4.69) is 0 Å². The molecular formula is C19H18ClN3O4. The maximum atomic E-state index is 12.7. The number of nitrogens with zero attached hydrogens (tertiary/aromatic N) is 3. The standard InChI is InChI=1S/C19H18ClN3O4/c1-13-4-7-17(23(25)26)18(10-13)27-12-19(24)22(9-3-8-21)15-5-6-16(20)14(2)11-15/h4-7,10-11H,3,9,12H2,1-2H3. The second-order valence-corrected chi connectivity index (χ2v) is 6.31. The molecule has 0 heterocycles. The molecule has 0 N–H and O–H groups in total. The van der Waals surface area contributed by atoms with Gasteiger partial charge < -0.3 is 9.64 Å². The van der Waals surface area contributed by atoms with Gasteiger partial charge in [0.2, 0.25) is 0 Å². The zero-order valence-corrected chi connectivity index (χ0v) is 15.7. The summed E-state index contributed by atoms with van der Waals surface area (Å²) in [6, 6.07) is 11.5. The maximum absolute atomic E-state index is 12.7. The summed E-state index contributed by atoms with van der Waals surface area (Å²) in [7, 11) is 0. The minimum Gasteiger partial charge on any atom is -0.477 e. The van der Waals surface area contributed by atoms with Crippen molar-refractivity contribution >= 4 is 28.9 Å². The molecule has 27 heavy (non-hydrogen) atoms. The van der Waals surface area contributed by atoms with E-state index in [4.69, 9.17) is 21.6 Å². The molecule has 8 heteroatoms. The van der Waals surface area contributed by atoms with Crippen LogP contribution < -0.4 is 9.64 Å². The minimum absolute atomic E-state index is 0.0286. The van der Waals surface area contributed by atoms with E-state index in [0.29, 0.717) is 10.7 Å². The van der Waals surface area contributed by atoms with E-state index in [9.17, 15) is 14.9 Å². The predicted octanol–water partition coefficient (Wildman–Crippen LogP) is 4.19. The van der Waals surface area contributed by atoms with Gasteiger partial charge in [-0.15, -0.1) is 0 Å². The van der Waals surface area contributed by atoms with Crippen LogP contribution in [-0.2, 0) is 4.79 Å². The Balaban J connectivity index is 2.22. The van der Waals surface area contributed by atoms with Crippen molar-refractivity contribution in [1.29, 1.82) is 5.26 Å². The van der Waals surface area contributed by atoms with Crippen molar-refractivity contribution < 1.29 is 14.5 Å². The van der Waals surface area contributed by atoms with Crippen LogP contribution in [0.15, 0.2) is 36.4 Å². The highest BCUT2D eigenvalue weighted by atomic mass is 35.5. The van der Waals surface area contributed by atoms with Crippen LogP contribution in [0.4, 0.5) is 11.4 Å². The number of halogens is 1. The van der Waals surface area contributed by atoms with Crippen LogP contribution in [0.5, 0.6) is 5.75 Å². The number of nitriles is 1. The molecule has 0 aromatic heterocycles. The van der Waals surface area contributed by atoms with Gasteiger partial charge in [-0.25, -0.2) is 0 Å². The van der Waals surface area contributed by atoms with E-state index in [1.165, 1.54) is 17.0 Å². The van der Waals surface area contributed by atoms with Crippen LogP contribution in [0, 0.1) is 35.3 Å². The van der Waals surface area contributed by atoms with E-state index in [1.54, 1.807) is 31.2 Å². The fraction of sp³-hybridized carbons (Fsp3) is 0.263. The molecular weight excluding hydrogens is 370 g/mol. The number of carbonyl (C=O) groups is 1. The Labute approximate surface area is 161 Å². The Morgan fingerprint density at radius 1 is 1.30 bits per heavy atom. The average molecular weight is 388 g/mol. The van der Waals surface area contributed by atoms with E-state index < -0.39 is 17.4 Å². The Bertz CT molecular complexity index is 908. The van der Waals surface area contributed by atoms with E-state index in [-0.39, 0.29) is 24.4 Å². The first-order valence-electron chi connectivity index (χ1n) is 8.14. The van der Waals surface area contributed by atoms with Crippen LogP contribution in [0.2, 0.25) is 5.02 Å². The van der Waals surface area contributed by atoms with Gasteiger partial charge in [0.15, 0.2) is 12.4 Å². The second kappa shape index (κ2) is 9.01. The van der Waals surface area contributed by atoms with Crippen molar-refractivity contribution in [2.45, 2.75) is 20.3 Å². The third-order valence-corrected chi connectivity index (χ3v) is 4.29. The molecule has 2 aromatic carbocycles. The number of hydrogen-bond acceptors (Lipinski definition) is 5. The van der Waals surface area contributed by atoms with Crippen LogP contribution in [0.3, 0.4) is 0 Å². The number of amides is 1. The molecule has 0 bridgehead atoms. The molecule has 0 aliphatic heterocycles. The largest absolute Gasteiger partial charge is 0.477 e. The van der Waals surface area contributed by atoms with Crippen molar-refractivity contribution in [2.24, 2.45) is 0 Å². The highest BCUT2D eigenvalue weighted by Crippen LogP contribution is 2.28. The van der Waals surface area contributed by atoms with Crippen LogP contribution in [0.25, 0.3) is 0 Å². The first kappa shape index (κ1) is 20.2. The summed E-state index contributed by atoms with van der Waals surface area (Å²) in [6.45, 7) is 3.37. The van der Waals surface area contributed by atoms with Crippen LogP contribution in [0.1, 0.15) is 17.5 Å². The van der Waals surface area contributed by atoms with Gasteiger partial charge in [0.25, 0.3) is 5.91 Å². The highest BCUT2D eigenvalue weighted by molar-refractivity contribution is 6.31. The van der Waals surface area contributed by atoms with Gasteiger partial charge in [0, 0.05) is 23.3 Å². The molecule has 0 radical (unpaired) electrons. The fourth-order valence-corrected chi connectivity index (χ4v) is 2.58. The fourth-order valence-electron chi connectivity index (χ4n) is 2.46. The molecule has 0 aliphatic rings. The van der Waals surface area contributed by atoms with E-state index in [1.807, 2.05) is 13.0 Å². The highest BCUT2D eigenvalue weighted by Gasteiger charge is 2.20. The molecule has 2 rings (SSSR count). The summed E-state index contributed by atoms with van der Waals surface area (Å²) >= 11 is 6.03.